The van der Waals surface area contributed by atoms with Gasteiger partial charge in [0.2, 0.25) is 0 Å². The topological polar surface area (TPSA) is 37.8 Å². The van der Waals surface area contributed by atoms with E-state index in [1.807, 2.05) is 6.07 Å². The van der Waals surface area contributed by atoms with Gasteiger partial charge in [0.25, 0.3) is 0 Å². The van der Waals surface area contributed by atoms with Crippen LogP contribution in [0.4, 0.5) is 10.2 Å². The molecule has 1 N–H and O–H groups in total. The van der Waals surface area contributed by atoms with Crippen LogP contribution in [-0.2, 0) is 6.42 Å². The van der Waals surface area contributed by atoms with Crippen LogP contribution in [0.2, 0.25) is 0 Å². The van der Waals surface area contributed by atoms with Gasteiger partial charge in [-0.1, -0.05) is 25.1 Å². The standard InChI is InChI=1S/C14H15FIN3/c1-2-7-17-14-12(16)9-18-13(19-14)8-10-5-3-4-6-11(10)15/h3-6,9H,2,7-8H2,1H3,(H,17,18,19). The average Bonchev–Trinajstić information content (AvgIpc) is 2.42. The number of hydrogen-bond donors (Lipinski definition) is 1. The van der Waals surface area contributed by atoms with Crippen LogP contribution in [-0.4, -0.2) is 16.5 Å². The molecule has 2 rings (SSSR count). The molecule has 0 fully saturated rings. The Balaban J connectivity index is 2.19. The van der Waals surface area contributed by atoms with E-state index in [2.05, 4.69) is 44.8 Å². The van der Waals surface area contributed by atoms with E-state index in [4.69, 9.17) is 0 Å². The Bertz CT molecular complexity index is 560. The first-order valence-electron chi connectivity index (χ1n) is 6.19. The first-order valence-corrected chi connectivity index (χ1v) is 7.27. The number of benzene rings is 1. The molecule has 0 saturated heterocycles. The molecule has 1 heterocycles. The van der Waals surface area contributed by atoms with Crippen LogP contribution in [0, 0.1) is 9.39 Å². The van der Waals surface area contributed by atoms with Crippen molar-refractivity contribution in [3.63, 3.8) is 0 Å². The molecule has 0 aliphatic carbocycles. The van der Waals surface area contributed by atoms with Crippen molar-refractivity contribution in [1.29, 1.82) is 0 Å². The van der Waals surface area contributed by atoms with Gasteiger partial charge in [-0.2, -0.15) is 0 Å². The van der Waals surface area contributed by atoms with Crippen molar-refractivity contribution < 1.29 is 4.39 Å². The number of rotatable bonds is 5. The molecule has 5 heteroatoms. The molecule has 2 aromatic rings. The largest absolute Gasteiger partial charge is 0.369 e. The van der Waals surface area contributed by atoms with Crippen LogP contribution in [0.15, 0.2) is 30.5 Å². The number of aromatic nitrogens is 2. The van der Waals surface area contributed by atoms with Gasteiger partial charge in [-0.25, -0.2) is 14.4 Å². The highest BCUT2D eigenvalue weighted by atomic mass is 127. The second kappa shape index (κ2) is 6.79. The van der Waals surface area contributed by atoms with Gasteiger partial charge in [-0.05, 0) is 40.6 Å². The Morgan fingerprint density at radius 3 is 2.84 bits per heavy atom. The zero-order valence-electron chi connectivity index (χ0n) is 10.7. The van der Waals surface area contributed by atoms with E-state index in [9.17, 15) is 4.39 Å². The molecular formula is C14H15FIN3. The predicted octanol–water partition coefficient (Wildman–Crippen LogP) is 3.63. The third-order valence-electron chi connectivity index (χ3n) is 2.64. The van der Waals surface area contributed by atoms with Crippen LogP contribution in [0.5, 0.6) is 0 Å². The van der Waals surface area contributed by atoms with E-state index in [1.54, 1.807) is 18.3 Å². The quantitative estimate of drug-likeness (QED) is 0.816. The zero-order chi connectivity index (χ0) is 13.7. The maximum atomic E-state index is 13.6. The highest BCUT2D eigenvalue weighted by Gasteiger charge is 2.07. The highest BCUT2D eigenvalue weighted by molar-refractivity contribution is 14.1. The van der Waals surface area contributed by atoms with Crippen LogP contribution >= 0.6 is 22.6 Å². The summed E-state index contributed by atoms with van der Waals surface area (Å²) < 4.78 is 14.6. The lowest BCUT2D eigenvalue weighted by atomic mass is 10.1. The van der Waals surface area contributed by atoms with Crippen molar-refractivity contribution in [2.75, 3.05) is 11.9 Å². The van der Waals surface area contributed by atoms with Crippen LogP contribution in [0.3, 0.4) is 0 Å². The summed E-state index contributed by atoms with van der Waals surface area (Å²) in [5.74, 6) is 1.24. The minimum Gasteiger partial charge on any atom is -0.369 e. The Kier molecular flexibility index (Phi) is 5.07. The van der Waals surface area contributed by atoms with Gasteiger partial charge >= 0.3 is 0 Å². The van der Waals surface area contributed by atoms with Gasteiger partial charge in [0.05, 0.1) is 3.57 Å². The third-order valence-corrected chi connectivity index (χ3v) is 3.43. The average molecular weight is 371 g/mol. The molecule has 0 amide bonds. The smallest absolute Gasteiger partial charge is 0.143 e. The molecule has 0 radical (unpaired) electrons. The molecule has 0 aliphatic rings. The fourth-order valence-corrected chi connectivity index (χ4v) is 2.12. The summed E-state index contributed by atoms with van der Waals surface area (Å²) in [4.78, 5) is 8.71. The Labute approximate surface area is 125 Å². The second-order valence-electron chi connectivity index (χ2n) is 4.18. The summed E-state index contributed by atoms with van der Waals surface area (Å²) in [7, 11) is 0. The maximum Gasteiger partial charge on any atom is 0.143 e. The van der Waals surface area contributed by atoms with Gasteiger partial charge in [-0.3, -0.25) is 0 Å². The van der Waals surface area contributed by atoms with Gasteiger partial charge < -0.3 is 5.32 Å². The van der Waals surface area contributed by atoms with Crippen LogP contribution < -0.4 is 5.32 Å². The van der Waals surface area contributed by atoms with Crippen LogP contribution in [0.25, 0.3) is 0 Å². The summed E-state index contributed by atoms with van der Waals surface area (Å²) in [5, 5.41) is 3.25. The van der Waals surface area contributed by atoms with Gasteiger partial charge in [0.15, 0.2) is 0 Å². The molecule has 1 aromatic carbocycles. The lowest BCUT2D eigenvalue weighted by Crippen LogP contribution is -2.07. The molecule has 0 aliphatic heterocycles. The molecule has 19 heavy (non-hydrogen) atoms. The highest BCUT2D eigenvalue weighted by Crippen LogP contribution is 2.16. The molecule has 0 saturated carbocycles. The van der Waals surface area contributed by atoms with E-state index in [-0.39, 0.29) is 5.82 Å². The van der Waals surface area contributed by atoms with E-state index >= 15 is 0 Å². The lowest BCUT2D eigenvalue weighted by molar-refractivity contribution is 0.612. The fourth-order valence-electron chi connectivity index (χ4n) is 1.67. The van der Waals surface area contributed by atoms with Crippen molar-refractivity contribution in [2.24, 2.45) is 0 Å². The maximum absolute atomic E-state index is 13.6. The van der Waals surface area contributed by atoms with Crippen molar-refractivity contribution in [1.82, 2.24) is 9.97 Å². The van der Waals surface area contributed by atoms with Gasteiger partial charge in [-0.15, -0.1) is 0 Å². The minimum atomic E-state index is -0.215. The molecule has 0 unspecified atom stereocenters. The molecule has 0 spiro atoms. The second-order valence-corrected chi connectivity index (χ2v) is 5.34. The number of halogens is 2. The first kappa shape index (κ1) is 14.2. The van der Waals surface area contributed by atoms with E-state index < -0.39 is 0 Å². The lowest BCUT2D eigenvalue weighted by Gasteiger charge is -2.08. The van der Waals surface area contributed by atoms with E-state index in [0.29, 0.717) is 17.8 Å². The molecule has 0 atom stereocenters. The Morgan fingerprint density at radius 1 is 1.32 bits per heavy atom. The van der Waals surface area contributed by atoms with E-state index in [1.165, 1.54) is 6.07 Å². The van der Waals surface area contributed by atoms with Crippen molar-refractivity contribution in [2.45, 2.75) is 19.8 Å². The van der Waals surface area contributed by atoms with Crippen molar-refractivity contribution >= 4 is 28.4 Å². The molecular weight excluding hydrogens is 356 g/mol. The fraction of sp³-hybridized carbons (Fsp3) is 0.286. The number of nitrogens with one attached hydrogen (secondary N) is 1. The zero-order valence-corrected chi connectivity index (χ0v) is 12.8. The van der Waals surface area contributed by atoms with Crippen LogP contribution in [0.1, 0.15) is 24.7 Å². The summed E-state index contributed by atoms with van der Waals surface area (Å²) in [6.45, 7) is 2.97. The monoisotopic (exact) mass is 371 g/mol. The normalized spacial score (nSPS) is 10.5. The third kappa shape index (κ3) is 3.86. The van der Waals surface area contributed by atoms with Crippen molar-refractivity contribution in [3.05, 3.63) is 51.2 Å². The molecule has 0 bridgehead atoms. The molecule has 3 nitrogen and oxygen atoms in total. The first-order chi connectivity index (χ1) is 9.20. The summed E-state index contributed by atoms with van der Waals surface area (Å²) >= 11 is 2.19. The van der Waals surface area contributed by atoms with Gasteiger partial charge in [0.1, 0.15) is 17.5 Å². The summed E-state index contributed by atoms with van der Waals surface area (Å²) in [5.41, 5.74) is 0.616. The molecule has 100 valence electrons. The molecule has 1 aromatic heterocycles. The number of hydrogen-bond acceptors (Lipinski definition) is 3. The summed E-state index contributed by atoms with van der Waals surface area (Å²) in [6.07, 6.45) is 3.20. The Morgan fingerprint density at radius 2 is 2.11 bits per heavy atom. The SMILES string of the molecule is CCCNc1nc(Cc2ccccc2F)ncc1I. The summed E-state index contributed by atoms with van der Waals surface area (Å²) in [6, 6.07) is 6.72. The minimum absolute atomic E-state index is 0.215. The number of nitrogens with zero attached hydrogens (tertiary/aromatic N) is 2. The van der Waals surface area contributed by atoms with E-state index in [0.717, 1.165) is 22.4 Å². The Hall–Kier alpha value is -1.24. The van der Waals surface area contributed by atoms with Crippen molar-refractivity contribution in [3.8, 4) is 0 Å². The number of anilines is 1. The predicted molar refractivity (Wildman–Crippen MR) is 82.7 cm³/mol. The van der Waals surface area contributed by atoms with Gasteiger partial charge in [0, 0.05) is 19.2 Å².